The molecule has 0 aromatic carbocycles. The van der Waals surface area contributed by atoms with Gasteiger partial charge in [0.15, 0.2) is 17.4 Å². The summed E-state index contributed by atoms with van der Waals surface area (Å²) in [4.78, 5) is 0. The van der Waals surface area contributed by atoms with Gasteiger partial charge in [-0.05, 0) is 0 Å². The van der Waals surface area contributed by atoms with Gasteiger partial charge in [-0.1, -0.05) is 7.43 Å². The molecule has 0 saturated heterocycles. The molecule has 0 unspecified atom stereocenters. The van der Waals surface area contributed by atoms with Crippen molar-refractivity contribution in [2.45, 2.75) is 7.43 Å². The van der Waals surface area contributed by atoms with Gasteiger partial charge in [-0.15, -0.1) is 0 Å². The molecule has 4 heavy (non-hydrogen) atoms. The Hall–Kier alpha value is 2.01. The molecule has 3 heteroatoms. The van der Waals surface area contributed by atoms with E-state index in [0.29, 0.717) is 0 Å². The van der Waals surface area contributed by atoms with Crippen molar-refractivity contribution in [1.82, 2.24) is 0 Å². The molecule has 0 aromatic rings. The first-order chi connectivity index (χ1) is 0. The molecule has 0 aliphatic carbocycles. The fourth-order valence-corrected chi connectivity index (χ4v) is 0. The topological polar surface area (TPSA) is 0 Å². The van der Waals surface area contributed by atoms with Gasteiger partial charge in [-0.2, -0.15) is 0 Å². The van der Waals surface area contributed by atoms with Crippen molar-refractivity contribution in [3.05, 3.63) is 0 Å². The van der Waals surface area contributed by atoms with Crippen LogP contribution in [-0.4, -0.2) is 40.4 Å². The Labute approximate surface area is 71.9 Å². The van der Waals surface area contributed by atoms with Crippen LogP contribution in [-0.2, 0) is 21.7 Å². The molecule has 0 nitrogen and oxygen atoms in total. The fraction of sp³-hybridized carbons (Fsp3) is 1.00. The van der Waals surface area contributed by atoms with Gasteiger partial charge < -0.3 is 2.85 Å². The van der Waals surface area contributed by atoms with Gasteiger partial charge in [-0.3, -0.25) is 0 Å². The maximum absolute atomic E-state index is 0. The SMILES string of the molecule is C.[AlH3].[H-].[H-].[Mg+2].[Ti]. The van der Waals surface area contributed by atoms with Crippen LogP contribution in [0.3, 0.4) is 0 Å². The van der Waals surface area contributed by atoms with Crippen LogP contribution < -0.4 is 0 Å². The summed E-state index contributed by atoms with van der Waals surface area (Å²) in [6, 6.07) is 0. The van der Waals surface area contributed by atoms with Crippen LogP contribution in [0.25, 0.3) is 0 Å². The Kier molecular flexibility index (Phi) is 186. The zero-order valence-corrected chi connectivity index (χ0v) is 4.18. The smallest absolute Gasteiger partial charge is 1.00 e. The van der Waals surface area contributed by atoms with Gasteiger partial charge >= 0.3 is 23.1 Å². The molecular formula is CH9AlMgTi. The standard InChI is InChI=1S/CH4.Al.Mg.Ti.5H/h1H4;;;;;;;;/q;;+2;;;;;2*-1. The zero-order valence-electron chi connectivity index (χ0n) is 3.21. The predicted octanol–water partition coefficient (Wildman–Crippen LogP) is -0.706. The van der Waals surface area contributed by atoms with Crippen molar-refractivity contribution in [1.29, 1.82) is 0 Å². The summed E-state index contributed by atoms with van der Waals surface area (Å²) < 4.78 is 0. The van der Waals surface area contributed by atoms with E-state index in [4.69, 9.17) is 0 Å². The van der Waals surface area contributed by atoms with E-state index in [1.165, 1.54) is 0 Å². The monoisotopic (exact) mass is 120 g/mol. The van der Waals surface area contributed by atoms with Crippen molar-refractivity contribution >= 4 is 40.4 Å². The maximum Gasteiger partial charge on any atom is 2.00 e. The molecule has 0 aromatic heterocycles. The Morgan fingerprint density at radius 2 is 1.25 bits per heavy atom. The molecule has 0 atom stereocenters. The van der Waals surface area contributed by atoms with Crippen molar-refractivity contribution < 1.29 is 24.6 Å². The van der Waals surface area contributed by atoms with E-state index in [9.17, 15) is 0 Å². The quantitative estimate of drug-likeness (QED) is 0.371. The third kappa shape index (κ3) is 8.99. The molecular weight excluding hydrogens is 111 g/mol. The predicted molar refractivity (Wildman–Crippen MR) is 24.6 cm³/mol. The average Bonchev–Trinajstić information content (AvgIpc) is 0. The molecule has 0 fully saturated rings. The van der Waals surface area contributed by atoms with Crippen LogP contribution in [0.5, 0.6) is 0 Å². The van der Waals surface area contributed by atoms with Crippen LogP contribution in [0.1, 0.15) is 10.3 Å². The minimum absolute atomic E-state index is 0. The molecule has 0 rings (SSSR count). The molecule has 22 valence electrons. The van der Waals surface area contributed by atoms with E-state index in [-0.39, 0.29) is 72.4 Å². The van der Waals surface area contributed by atoms with Crippen LogP contribution in [0.4, 0.5) is 0 Å². The molecule has 0 spiro atoms. The fourth-order valence-electron chi connectivity index (χ4n) is 0. The molecule has 0 amide bonds. The second kappa shape index (κ2) is 19.9. The summed E-state index contributed by atoms with van der Waals surface area (Å²) in [5.41, 5.74) is 0. The average molecular weight is 120 g/mol. The minimum atomic E-state index is 0. The number of hydrogen-bond donors (Lipinski definition) is 0. The van der Waals surface area contributed by atoms with Crippen molar-refractivity contribution in [3.8, 4) is 0 Å². The first-order valence-corrected chi connectivity index (χ1v) is 0. The number of rotatable bonds is 0. The largest absolute Gasteiger partial charge is 2.00 e. The van der Waals surface area contributed by atoms with Crippen molar-refractivity contribution in [3.63, 3.8) is 0 Å². The van der Waals surface area contributed by atoms with Crippen LogP contribution in [0.15, 0.2) is 0 Å². The Morgan fingerprint density at radius 1 is 1.25 bits per heavy atom. The normalized spacial score (nSPS) is 0. The molecule has 0 aliphatic rings. The summed E-state index contributed by atoms with van der Waals surface area (Å²) in [5, 5.41) is 0. The van der Waals surface area contributed by atoms with Crippen LogP contribution in [0.2, 0.25) is 0 Å². The summed E-state index contributed by atoms with van der Waals surface area (Å²) in [7, 11) is 0. The third-order valence-corrected chi connectivity index (χ3v) is 0. The van der Waals surface area contributed by atoms with E-state index in [2.05, 4.69) is 0 Å². The van der Waals surface area contributed by atoms with Crippen molar-refractivity contribution in [2.24, 2.45) is 0 Å². The van der Waals surface area contributed by atoms with Crippen LogP contribution >= 0.6 is 0 Å². The molecule has 0 heterocycles. The second-order valence-corrected chi connectivity index (χ2v) is 0. The molecule has 0 bridgehead atoms. The third-order valence-electron chi connectivity index (χ3n) is 0. The zero-order chi connectivity index (χ0) is 0. The van der Waals surface area contributed by atoms with Gasteiger partial charge in [0.1, 0.15) is 0 Å². The Bertz CT molecular complexity index is 13.5. The summed E-state index contributed by atoms with van der Waals surface area (Å²) in [6.45, 7) is 0. The summed E-state index contributed by atoms with van der Waals surface area (Å²) >= 11 is 0. The first-order valence-electron chi connectivity index (χ1n) is 0. The Balaban J connectivity index is 0. The number of hydrogen-bond acceptors (Lipinski definition) is 0. The van der Waals surface area contributed by atoms with Gasteiger partial charge in [-0.25, -0.2) is 0 Å². The maximum atomic E-state index is 0. The van der Waals surface area contributed by atoms with E-state index >= 15 is 0 Å². The van der Waals surface area contributed by atoms with Gasteiger partial charge in [0.25, 0.3) is 0 Å². The molecule has 0 saturated carbocycles. The van der Waals surface area contributed by atoms with Gasteiger partial charge in [0.05, 0.1) is 0 Å². The minimum Gasteiger partial charge on any atom is -1.00 e. The van der Waals surface area contributed by atoms with E-state index in [0.717, 1.165) is 0 Å². The molecule has 0 aliphatic heterocycles. The van der Waals surface area contributed by atoms with E-state index < -0.39 is 0 Å². The molecule has 0 N–H and O–H groups in total. The summed E-state index contributed by atoms with van der Waals surface area (Å²) in [5.74, 6) is 0. The van der Waals surface area contributed by atoms with Crippen molar-refractivity contribution in [2.75, 3.05) is 0 Å². The van der Waals surface area contributed by atoms with E-state index in [1.807, 2.05) is 0 Å². The van der Waals surface area contributed by atoms with Gasteiger partial charge in [0.2, 0.25) is 0 Å². The van der Waals surface area contributed by atoms with E-state index in [1.54, 1.807) is 0 Å². The summed E-state index contributed by atoms with van der Waals surface area (Å²) in [6.07, 6.45) is 0. The molecule has 0 radical (unpaired) electrons. The van der Waals surface area contributed by atoms with Crippen LogP contribution in [0, 0.1) is 0 Å². The first kappa shape index (κ1) is 37.3. The van der Waals surface area contributed by atoms with Gasteiger partial charge in [0, 0.05) is 21.7 Å². The Morgan fingerprint density at radius 3 is 1.25 bits per heavy atom. The second-order valence-electron chi connectivity index (χ2n) is 0.